The van der Waals surface area contributed by atoms with E-state index in [1.54, 1.807) is 0 Å². The molecule has 0 spiro atoms. The lowest BCUT2D eigenvalue weighted by Crippen LogP contribution is -2.42. The first-order chi connectivity index (χ1) is 10.7. The van der Waals surface area contributed by atoms with Crippen molar-refractivity contribution in [1.29, 1.82) is 0 Å². The highest BCUT2D eigenvalue weighted by molar-refractivity contribution is 14.1. The van der Waals surface area contributed by atoms with Crippen molar-refractivity contribution in [2.45, 2.75) is 44.6 Å². The molecule has 1 amide bonds. The zero-order chi connectivity index (χ0) is 15.4. The van der Waals surface area contributed by atoms with Crippen LogP contribution in [-0.4, -0.2) is 36.5 Å². The Bertz CT molecular complexity index is 506. The topological polar surface area (TPSA) is 32.3 Å². The highest BCUT2D eigenvalue weighted by Crippen LogP contribution is 2.27. The summed E-state index contributed by atoms with van der Waals surface area (Å²) in [5, 5.41) is 3.13. The number of hydrogen-bond donors (Lipinski definition) is 1. The Morgan fingerprint density at radius 1 is 1.14 bits per heavy atom. The fourth-order valence-electron chi connectivity index (χ4n) is 3.77. The number of halogens is 1. The molecule has 1 aliphatic heterocycles. The molecule has 0 radical (unpaired) electrons. The molecule has 1 saturated carbocycles. The lowest BCUT2D eigenvalue weighted by atomic mass is 9.95. The molecule has 0 atom stereocenters. The first kappa shape index (κ1) is 16.2. The molecule has 1 heterocycles. The number of hydrogen-bond acceptors (Lipinski definition) is 2. The van der Waals surface area contributed by atoms with Crippen LogP contribution in [0.1, 0.15) is 48.9 Å². The van der Waals surface area contributed by atoms with Crippen molar-refractivity contribution in [3.63, 3.8) is 0 Å². The highest BCUT2D eigenvalue weighted by atomic mass is 127. The number of amides is 1. The minimum absolute atomic E-state index is 0.0724. The van der Waals surface area contributed by atoms with Crippen LogP contribution in [0, 0.1) is 9.49 Å². The number of nitrogens with one attached hydrogen (secondary N) is 1. The zero-order valence-corrected chi connectivity index (χ0v) is 15.2. The number of likely N-dealkylation sites (tertiary alicyclic amines) is 1. The van der Waals surface area contributed by atoms with Crippen molar-refractivity contribution in [2.24, 2.45) is 5.92 Å². The van der Waals surface area contributed by atoms with E-state index >= 15 is 0 Å². The van der Waals surface area contributed by atoms with Crippen LogP contribution < -0.4 is 5.32 Å². The van der Waals surface area contributed by atoms with Gasteiger partial charge in [0.05, 0.1) is 5.56 Å². The molecule has 22 heavy (non-hydrogen) atoms. The van der Waals surface area contributed by atoms with Gasteiger partial charge < -0.3 is 10.2 Å². The van der Waals surface area contributed by atoms with E-state index in [-0.39, 0.29) is 5.91 Å². The van der Waals surface area contributed by atoms with Crippen LogP contribution in [0.4, 0.5) is 0 Å². The summed E-state index contributed by atoms with van der Waals surface area (Å²) in [7, 11) is 0. The predicted molar refractivity (Wildman–Crippen MR) is 98.0 cm³/mol. The van der Waals surface area contributed by atoms with Crippen LogP contribution in [0.15, 0.2) is 24.3 Å². The van der Waals surface area contributed by atoms with E-state index < -0.39 is 0 Å². The third-order valence-corrected chi connectivity index (χ3v) is 6.10. The molecule has 3 nitrogen and oxygen atoms in total. The molecule has 1 N–H and O–H groups in total. The predicted octanol–water partition coefficient (Wildman–Crippen LogP) is 3.68. The summed E-state index contributed by atoms with van der Waals surface area (Å²) >= 11 is 2.23. The maximum Gasteiger partial charge on any atom is 0.252 e. The second-order valence-corrected chi connectivity index (χ2v) is 7.77. The van der Waals surface area contributed by atoms with Crippen molar-refractivity contribution >= 4 is 28.5 Å². The van der Waals surface area contributed by atoms with E-state index in [0.29, 0.717) is 5.92 Å². The molecular weight excluding hydrogens is 387 g/mol. The summed E-state index contributed by atoms with van der Waals surface area (Å²) in [6.45, 7) is 3.25. The summed E-state index contributed by atoms with van der Waals surface area (Å²) in [5.41, 5.74) is 0.798. The Morgan fingerprint density at radius 2 is 1.82 bits per heavy atom. The number of benzene rings is 1. The van der Waals surface area contributed by atoms with Gasteiger partial charge in [0.1, 0.15) is 0 Å². The van der Waals surface area contributed by atoms with Gasteiger partial charge in [-0.1, -0.05) is 25.0 Å². The number of rotatable bonds is 4. The van der Waals surface area contributed by atoms with Gasteiger partial charge in [-0.15, -0.1) is 0 Å². The fraction of sp³-hybridized carbons (Fsp3) is 0.611. The molecule has 0 unspecified atom stereocenters. The van der Waals surface area contributed by atoms with Gasteiger partial charge in [0.25, 0.3) is 5.91 Å². The Hall–Kier alpha value is -0.620. The minimum Gasteiger partial charge on any atom is -0.352 e. The second-order valence-electron chi connectivity index (χ2n) is 6.61. The minimum atomic E-state index is 0.0724. The largest absolute Gasteiger partial charge is 0.352 e. The fourth-order valence-corrected chi connectivity index (χ4v) is 4.40. The van der Waals surface area contributed by atoms with Gasteiger partial charge in [0, 0.05) is 16.2 Å². The van der Waals surface area contributed by atoms with Crippen LogP contribution in [0.3, 0.4) is 0 Å². The smallest absolute Gasteiger partial charge is 0.252 e. The van der Waals surface area contributed by atoms with Gasteiger partial charge in [-0.05, 0) is 79.4 Å². The summed E-state index contributed by atoms with van der Waals surface area (Å²) in [6.07, 6.45) is 8.07. The van der Waals surface area contributed by atoms with Crippen molar-refractivity contribution < 1.29 is 4.79 Å². The van der Waals surface area contributed by atoms with Gasteiger partial charge in [0.2, 0.25) is 0 Å². The first-order valence-corrected chi connectivity index (χ1v) is 9.58. The molecule has 1 aromatic carbocycles. The van der Waals surface area contributed by atoms with Gasteiger partial charge in [-0.25, -0.2) is 0 Å². The molecule has 3 rings (SSSR count). The monoisotopic (exact) mass is 412 g/mol. The molecule has 4 heteroatoms. The normalized spacial score (nSPS) is 21.1. The van der Waals surface area contributed by atoms with E-state index in [9.17, 15) is 4.79 Å². The summed E-state index contributed by atoms with van der Waals surface area (Å²) in [6, 6.07) is 8.63. The van der Waals surface area contributed by atoms with Crippen LogP contribution in [0.25, 0.3) is 0 Å². The molecule has 1 saturated heterocycles. The van der Waals surface area contributed by atoms with Crippen molar-refractivity contribution in [3.05, 3.63) is 33.4 Å². The maximum absolute atomic E-state index is 12.3. The van der Waals surface area contributed by atoms with Crippen LogP contribution in [-0.2, 0) is 0 Å². The molecule has 0 bridgehead atoms. The average molecular weight is 412 g/mol. The standard InChI is InChI=1S/C18H25IN2O/c19-17-8-4-3-7-16(17)18(22)20-13-14-9-11-21(12-10-14)15-5-1-2-6-15/h3-4,7-8,14-15H,1-2,5-6,9-13H2,(H,20,22). The Balaban J connectivity index is 1.43. The van der Waals surface area contributed by atoms with Gasteiger partial charge in [-0.2, -0.15) is 0 Å². The Kier molecular flexibility index (Phi) is 5.74. The summed E-state index contributed by atoms with van der Waals surface area (Å²) in [4.78, 5) is 14.9. The van der Waals surface area contributed by atoms with Gasteiger partial charge in [0.15, 0.2) is 0 Å². The van der Waals surface area contributed by atoms with Crippen LogP contribution >= 0.6 is 22.6 Å². The Labute approximate surface area is 147 Å². The number of carbonyl (C=O) groups is 1. The van der Waals surface area contributed by atoms with E-state index in [1.165, 1.54) is 51.6 Å². The molecule has 1 aliphatic carbocycles. The third kappa shape index (κ3) is 4.02. The third-order valence-electron chi connectivity index (χ3n) is 5.16. The number of piperidine rings is 1. The van der Waals surface area contributed by atoms with Crippen molar-refractivity contribution in [1.82, 2.24) is 10.2 Å². The SMILES string of the molecule is O=C(NCC1CCN(C2CCCC2)CC1)c1ccccc1I. The lowest BCUT2D eigenvalue weighted by Gasteiger charge is -2.36. The van der Waals surface area contributed by atoms with Crippen molar-refractivity contribution in [2.75, 3.05) is 19.6 Å². The van der Waals surface area contributed by atoms with E-state index in [2.05, 4.69) is 32.8 Å². The maximum atomic E-state index is 12.3. The van der Waals surface area contributed by atoms with E-state index in [0.717, 1.165) is 21.7 Å². The Morgan fingerprint density at radius 3 is 2.50 bits per heavy atom. The van der Waals surface area contributed by atoms with Crippen LogP contribution in [0.5, 0.6) is 0 Å². The van der Waals surface area contributed by atoms with Gasteiger partial charge >= 0.3 is 0 Å². The molecule has 2 aliphatic rings. The van der Waals surface area contributed by atoms with E-state index in [1.807, 2.05) is 24.3 Å². The van der Waals surface area contributed by atoms with Crippen LogP contribution in [0.2, 0.25) is 0 Å². The molecule has 0 aromatic heterocycles. The number of nitrogens with zero attached hydrogens (tertiary/aromatic N) is 1. The summed E-state index contributed by atoms with van der Waals surface area (Å²) < 4.78 is 1.02. The molecule has 120 valence electrons. The summed E-state index contributed by atoms with van der Waals surface area (Å²) in [5.74, 6) is 0.714. The molecular formula is C18H25IN2O. The second kappa shape index (κ2) is 7.77. The number of carbonyl (C=O) groups excluding carboxylic acids is 1. The molecule has 1 aromatic rings. The average Bonchev–Trinajstić information content (AvgIpc) is 3.08. The van der Waals surface area contributed by atoms with Gasteiger partial charge in [-0.3, -0.25) is 4.79 Å². The highest BCUT2D eigenvalue weighted by Gasteiger charge is 2.27. The van der Waals surface area contributed by atoms with Crippen molar-refractivity contribution in [3.8, 4) is 0 Å². The molecule has 2 fully saturated rings. The zero-order valence-electron chi connectivity index (χ0n) is 13.1. The van der Waals surface area contributed by atoms with E-state index in [4.69, 9.17) is 0 Å². The lowest BCUT2D eigenvalue weighted by molar-refractivity contribution is 0.0924. The first-order valence-electron chi connectivity index (χ1n) is 8.51. The quantitative estimate of drug-likeness (QED) is 0.766.